The first kappa shape index (κ1) is 16.4. The maximum Gasteiger partial charge on any atom is 0.305 e. The van der Waals surface area contributed by atoms with E-state index >= 15 is 0 Å². The number of fused-ring (bicyclic) bond motifs is 1. The van der Waals surface area contributed by atoms with Crippen LogP contribution < -0.4 is 5.32 Å². The minimum atomic E-state index is -0.940. The van der Waals surface area contributed by atoms with Gasteiger partial charge < -0.3 is 15.2 Å². The number of aromatic nitrogens is 3. The van der Waals surface area contributed by atoms with E-state index < -0.39 is 11.5 Å². The van der Waals surface area contributed by atoms with E-state index in [-0.39, 0.29) is 12.3 Å². The molecular formula is C16H20N4O4. The summed E-state index contributed by atoms with van der Waals surface area (Å²) in [6.45, 7) is 4.52. The lowest BCUT2D eigenvalue weighted by molar-refractivity contribution is -0.139. The molecule has 1 amide bonds. The smallest absolute Gasteiger partial charge is 0.305 e. The number of aliphatic carboxylic acids is 1. The van der Waals surface area contributed by atoms with Crippen LogP contribution in [-0.2, 0) is 9.53 Å². The van der Waals surface area contributed by atoms with Crippen LogP contribution in [0.25, 0.3) is 5.65 Å². The molecule has 128 valence electrons. The fourth-order valence-electron chi connectivity index (χ4n) is 3.09. The van der Waals surface area contributed by atoms with Gasteiger partial charge in [0, 0.05) is 25.5 Å². The van der Waals surface area contributed by atoms with Crippen molar-refractivity contribution < 1.29 is 19.4 Å². The van der Waals surface area contributed by atoms with Crippen molar-refractivity contribution in [2.75, 3.05) is 13.2 Å². The monoisotopic (exact) mass is 332 g/mol. The lowest BCUT2D eigenvalue weighted by atomic mass is 9.86. The predicted molar refractivity (Wildman–Crippen MR) is 85.0 cm³/mol. The van der Waals surface area contributed by atoms with Gasteiger partial charge in [-0.25, -0.2) is 9.50 Å². The number of nitrogens with one attached hydrogen (secondary N) is 1. The van der Waals surface area contributed by atoms with Gasteiger partial charge in [0.15, 0.2) is 5.65 Å². The van der Waals surface area contributed by atoms with Gasteiger partial charge >= 0.3 is 5.97 Å². The average Bonchev–Trinajstić information content (AvgIpc) is 2.89. The minimum absolute atomic E-state index is 0.127. The summed E-state index contributed by atoms with van der Waals surface area (Å²) in [5, 5.41) is 16.4. The zero-order valence-electron chi connectivity index (χ0n) is 13.7. The number of ether oxygens (including phenoxy) is 1. The number of carboxylic acids is 1. The number of rotatable bonds is 4. The normalized spacial score (nSPS) is 16.9. The second kappa shape index (κ2) is 6.20. The topological polar surface area (TPSA) is 106 Å². The molecule has 2 N–H and O–H groups in total. The van der Waals surface area contributed by atoms with Crippen molar-refractivity contribution in [1.29, 1.82) is 0 Å². The summed E-state index contributed by atoms with van der Waals surface area (Å²) in [5.41, 5.74) is 1.76. The Balaban J connectivity index is 1.90. The second-order valence-electron chi connectivity index (χ2n) is 6.23. The first-order valence-electron chi connectivity index (χ1n) is 7.84. The molecule has 0 saturated carbocycles. The Morgan fingerprint density at radius 3 is 2.75 bits per heavy atom. The standard InChI is InChI=1S/C16H20N4O4/c1-10-7-13-17-9-12(11(2)20(13)19-10)15(23)18-16(8-14(21)22)3-5-24-6-4-16/h7,9H,3-6,8H2,1-2H3,(H,18,23)(H,21,22). The van der Waals surface area contributed by atoms with Gasteiger partial charge in [-0.15, -0.1) is 0 Å². The first-order valence-corrected chi connectivity index (χ1v) is 7.84. The van der Waals surface area contributed by atoms with Gasteiger partial charge in [-0.05, 0) is 26.7 Å². The molecule has 0 bridgehead atoms. The van der Waals surface area contributed by atoms with Crippen molar-refractivity contribution in [3.05, 3.63) is 29.2 Å². The van der Waals surface area contributed by atoms with Crippen LogP contribution in [0.5, 0.6) is 0 Å². The van der Waals surface area contributed by atoms with Gasteiger partial charge in [0.2, 0.25) is 0 Å². The van der Waals surface area contributed by atoms with Crippen molar-refractivity contribution >= 4 is 17.5 Å². The number of hydrogen-bond donors (Lipinski definition) is 2. The lowest BCUT2D eigenvalue weighted by Crippen LogP contribution is -2.53. The molecule has 2 aromatic rings. The number of hydrogen-bond acceptors (Lipinski definition) is 5. The van der Waals surface area contributed by atoms with E-state index in [0.717, 1.165) is 5.69 Å². The van der Waals surface area contributed by atoms with Crippen LogP contribution in [0.15, 0.2) is 12.3 Å². The molecule has 1 saturated heterocycles. The van der Waals surface area contributed by atoms with Crippen molar-refractivity contribution in [2.45, 2.75) is 38.6 Å². The molecule has 2 aromatic heterocycles. The van der Waals surface area contributed by atoms with Crippen LogP contribution in [0.3, 0.4) is 0 Å². The van der Waals surface area contributed by atoms with Crippen LogP contribution in [0.4, 0.5) is 0 Å². The number of aryl methyl sites for hydroxylation is 2. The number of amides is 1. The maximum atomic E-state index is 12.7. The van der Waals surface area contributed by atoms with E-state index in [9.17, 15) is 14.7 Å². The highest BCUT2D eigenvalue weighted by Crippen LogP contribution is 2.25. The molecule has 1 fully saturated rings. The SMILES string of the molecule is Cc1cc2ncc(C(=O)NC3(CC(=O)O)CCOCC3)c(C)n2n1. The molecule has 3 heterocycles. The second-order valence-corrected chi connectivity index (χ2v) is 6.23. The third-order valence-corrected chi connectivity index (χ3v) is 4.41. The summed E-state index contributed by atoms with van der Waals surface area (Å²) in [7, 11) is 0. The van der Waals surface area contributed by atoms with Crippen molar-refractivity contribution in [1.82, 2.24) is 19.9 Å². The largest absolute Gasteiger partial charge is 0.481 e. The highest BCUT2D eigenvalue weighted by Gasteiger charge is 2.37. The van der Waals surface area contributed by atoms with E-state index in [1.165, 1.54) is 6.20 Å². The van der Waals surface area contributed by atoms with E-state index in [2.05, 4.69) is 15.4 Å². The number of carbonyl (C=O) groups excluding carboxylic acids is 1. The molecule has 0 atom stereocenters. The molecule has 8 nitrogen and oxygen atoms in total. The lowest BCUT2D eigenvalue weighted by Gasteiger charge is -2.36. The molecule has 3 rings (SSSR count). The van der Waals surface area contributed by atoms with Gasteiger partial charge in [-0.3, -0.25) is 9.59 Å². The Bertz CT molecular complexity index is 793. The molecule has 24 heavy (non-hydrogen) atoms. The van der Waals surface area contributed by atoms with E-state index in [1.807, 2.05) is 13.0 Å². The molecule has 1 aliphatic rings. The van der Waals surface area contributed by atoms with Gasteiger partial charge in [0.25, 0.3) is 5.91 Å². The number of carboxylic acid groups (broad SMARTS) is 1. The molecule has 8 heteroatoms. The Labute approximate surface area is 138 Å². The summed E-state index contributed by atoms with van der Waals surface area (Å²) in [5.74, 6) is -1.27. The molecular weight excluding hydrogens is 312 g/mol. The van der Waals surface area contributed by atoms with Gasteiger partial charge in [0.05, 0.1) is 28.9 Å². The van der Waals surface area contributed by atoms with E-state index in [4.69, 9.17) is 4.74 Å². The minimum Gasteiger partial charge on any atom is -0.481 e. The number of nitrogens with zero attached hydrogens (tertiary/aromatic N) is 3. The van der Waals surface area contributed by atoms with E-state index in [0.29, 0.717) is 43.0 Å². The third-order valence-electron chi connectivity index (χ3n) is 4.41. The quantitative estimate of drug-likeness (QED) is 0.868. The maximum absolute atomic E-state index is 12.7. The third kappa shape index (κ3) is 3.09. The van der Waals surface area contributed by atoms with E-state index in [1.54, 1.807) is 11.4 Å². The summed E-state index contributed by atoms with van der Waals surface area (Å²) < 4.78 is 6.93. The summed E-state index contributed by atoms with van der Waals surface area (Å²) in [6.07, 6.45) is 2.33. The highest BCUT2D eigenvalue weighted by atomic mass is 16.5. The van der Waals surface area contributed by atoms with Crippen molar-refractivity contribution in [2.24, 2.45) is 0 Å². The molecule has 0 aromatic carbocycles. The zero-order chi connectivity index (χ0) is 17.3. The predicted octanol–water partition coefficient (Wildman–Crippen LogP) is 1.10. The van der Waals surface area contributed by atoms with Crippen molar-refractivity contribution in [3.8, 4) is 0 Å². The summed E-state index contributed by atoms with van der Waals surface area (Å²) in [4.78, 5) is 28.2. The molecule has 0 spiro atoms. The number of carbonyl (C=O) groups is 2. The fraction of sp³-hybridized carbons (Fsp3) is 0.500. The Kier molecular flexibility index (Phi) is 4.23. The molecule has 0 radical (unpaired) electrons. The Morgan fingerprint density at radius 2 is 2.08 bits per heavy atom. The fourth-order valence-corrected chi connectivity index (χ4v) is 3.09. The molecule has 0 aliphatic carbocycles. The summed E-state index contributed by atoms with van der Waals surface area (Å²) >= 11 is 0. The van der Waals surface area contributed by atoms with Crippen molar-refractivity contribution in [3.63, 3.8) is 0 Å². The summed E-state index contributed by atoms with van der Waals surface area (Å²) in [6, 6.07) is 1.83. The Hall–Kier alpha value is -2.48. The van der Waals surface area contributed by atoms with Gasteiger partial charge in [0.1, 0.15) is 0 Å². The van der Waals surface area contributed by atoms with Gasteiger partial charge in [-0.1, -0.05) is 0 Å². The Morgan fingerprint density at radius 1 is 1.38 bits per heavy atom. The average molecular weight is 332 g/mol. The first-order chi connectivity index (χ1) is 11.4. The molecule has 0 unspecified atom stereocenters. The van der Waals surface area contributed by atoms with Crippen LogP contribution in [0.1, 0.15) is 41.0 Å². The van der Waals surface area contributed by atoms with Crippen LogP contribution in [0, 0.1) is 13.8 Å². The van der Waals surface area contributed by atoms with Crippen LogP contribution >= 0.6 is 0 Å². The van der Waals surface area contributed by atoms with Crippen LogP contribution in [0.2, 0.25) is 0 Å². The van der Waals surface area contributed by atoms with Crippen LogP contribution in [-0.4, -0.2) is 50.3 Å². The molecule has 1 aliphatic heterocycles. The van der Waals surface area contributed by atoms with Gasteiger partial charge in [-0.2, -0.15) is 5.10 Å². The highest BCUT2D eigenvalue weighted by molar-refractivity contribution is 5.96. The zero-order valence-corrected chi connectivity index (χ0v) is 13.7.